The van der Waals surface area contributed by atoms with Crippen LogP contribution in [0.1, 0.15) is 43.6 Å². The van der Waals surface area contributed by atoms with Crippen molar-refractivity contribution in [1.29, 1.82) is 0 Å². The number of nitrogens with one attached hydrogen (secondary N) is 2. The molecule has 2 N–H and O–H groups in total. The molecular weight excluding hydrogens is 416 g/mol. The van der Waals surface area contributed by atoms with Crippen molar-refractivity contribution in [3.8, 4) is 11.5 Å². The molecule has 0 bridgehead atoms. The van der Waals surface area contributed by atoms with Crippen LogP contribution in [0.15, 0.2) is 42.5 Å². The zero-order valence-corrected chi connectivity index (χ0v) is 19.3. The number of hydrogen-bond donors (Lipinski definition) is 2. The third kappa shape index (κ3) is 7.47. The van der Waals surface area contributed by atoms with Crippen LogP contribution in [0.4, 0.5) is 0 Å². The van der Waals surface area contributed by atoms with Crippen molar-refractivity contribution >= 4 is 23.4 Å². The quantitative estimate of drug-likeness (QED) is 0.541. The highest BCUT2D eigenvalue weighted by Crippen LogP contribution is 2.28. The molecule has 0 saturated carbocycles. The van der Waals surface area contributed by atoms with E-state index in [4.69, 9.17) is 21.1 Å². The van der Waals surface area contributed by atoms with Gasteiger partial charge >= 0.3 is 0 Å². The fourth-order valence-corrected chi connectivity index (χ4v) is 3.18. The Bertz CT molecular complexity index is 868. The summed E-state index contributed by atoms with van der Waals surface area (Å²) in [5.74, 6) is 0.823. The molecule has 0 fully saturated rings. The molecule has 0 unspecified atom stereocenters. The summed E-state index contributed by atoms with van der Waals surface area (Å²) in [5, 5.41) is 6.29. The van der Waals surface area contributed by atoms with Crippen molar-refractivity contribution in [1.82, 2.24) is 10.6 Å². The van der Waals surface area contributed by atoms with Crippen LogP contribution in [0.2, 0.25) is 5.02 Å². The first-order valence-electron chi connectivity index (χ1n) is 10.6. The summed E-state index contributed by atoms with van der Waals surface area (Å²) < 4.78 is 11.2. The number of amides is 2. The Kier molecular flexibility index (Phi) is 9.66. The Labute approximate surface area is 189 Å². The van der Waals surface area contributed by atoms with Crippen molar-refractivity contribution in [2.45, 2.75) is 40.2 Å². The molecule has 7 heteroatoms. The van der Waals surface area contributed by atoms with Crippen LogP contribution in [0.25, 0.3) is 0 Å². The van der Waals surface area contributed by atoms with Crippen molar-refractivity contribution in [2.24, 2.45) is 5.92 Å². The number of carbonyl (C=O) groups is 2. The van der Waals surface area contributed by atoms with Gasteiger partial charge in [-0.25, -0.2) is 0 Å². The van der Waals surface area contributed by atoms with E-state index in [0.29, 0.717) is 48.3 Å². The fraction of sp³-hybridized carbons (Fsp3) is 0.417. The number of hydrogen-bond acceptors (Lipinski definition) is 4. The molecule has 2 aromatic rings. The highest BCUT2D eigenvalue weighted by molar-refractivity contribution is 6.30. The largest absolute Gasteiger partial charge is 0.490 e. The predicted molar refractivity (Wildman–Crippen MR) is 123 cm³/mol. The lowest BCUT2D eigenvalue weighted by Gasteiger charge is -2.22. The number of ether oxygens (including phenoxy) is 2. The highest BCUT2D eigenvalue weighted by atomic mass is 35.5. The molecule has 2 aromatic carbocycles. The highest BCUT2D eigenvalue weighted by Gasteiger charge is 2.24. The summed E-state index contributed by atoms with van der Waals surface area (Å²) in [6, 6.07) is 11.7. The van der Waals surface area contributed by atoms with Gasteiger partial charge in [-0.1, -0.05) is 31.5 Å². The lowest BCUT2D eigenvalue weighted by molar-refractivity contribution is -0.123. The molecule has 0 radical (unpaired) electrons. The number of carbonyl (C=O) groups excluding carboxylic acids is 2. The van der Waals surface area contributed by atoms with Crippen molar-refractivity contribution < 1.29 is 19.1 Å². The number of halogens is 1. The van der Waals surface area contributed by atoms with Crippen LogP contribution in [0, 0.1) is 5.92 Å². The van der Waals surface area contributed by atoms with Gasteiger partial charge in [-0.05, 0) is 68.1 Å². The van der Waals surface area contributed by atoms with E-state index in [1.807, 2.05) is 45.9 Å². The van der Waals surface area contributed by atoms with Crippen molar-refractivity contribution in [3.63, 3.8) is 0 Å². The van der Waals surface area contributed by atoms with Crippen LogP contribution in [0.5, 0.6) is 11.5 Å². The Morgan fingerprint density at radius 2 is 1.61 bits per heavy atom. The fourth-order valence-electron chi connectivity index (χ4n) is 3.05. The maximum Gasteiger partial charge on any atom is 0.251 e. The van der Waals surface area contributed by atoms with Crippen molar-refractivity contribution in [2.75, 3.05) is 19.8 Å². The van der Waals surface area contributed by atoms with E-state index in [2.05, 4.69) is 10.6 Å². The molecule has 0 saturated heterocycles. The second kappa shape index (κ2) is 12.2. The van der Waals surface area contributed by atoms with Crippen LogP contribution in [0.3, 0.4) is 0 Å². The Hall–Kier alpha value is -2.73. The summed E-state index contributed by atoms with van der Waals surface area (Å²) in [7, 11) is 0. The first kappa shape index (κ1) is 24.5. The maximum absolute atomic E-state index is 12.7. The number of benzene rings is 2. The Morgan fingerprint density at radius 1 is 0.968 bits per heavy atom. The first-order valence-corrected chi connectivity index (χ1v) is 11.0. The van der Waals surface area contributed by atoms with Gasteiger partial charge in [0.1, 0.15) is 6.04 Å². The molecule has 0 aliphatic heterocycles. The van der Waals surface area contributed by atoms with Crippen molar-refractivity contribution in [3.05, 3.63) is 58.6 Å². The SMILES string of the molecule is CCOc1ccc(CCNC(=O)[C@@H](NC(=O)c2ccc(Cl)cc2)C(C)C)cc1OCC. The van der Waals surface area contributed by atoms with Gasteiger partial charge in [0, 0.05) is 17.1 Å². The third-order valence-corrected chi connectivity index (χ3v) is 4.91. The summed E-state index contributed by atoms with van der Waals surface area (Å²) >= 11 is 5.87. The second-order valence-electron chi connectivity index (χ2n) is 7.39. The maximum atomic E-state index is 12.7. The van der Waals surface area contributed by atoms with Gasteiger partial charge in [-0.3, -0.25) is 9.59 Å². The summed E-state index contributed by atoms with van der Waals surface area (Å²) in [6.45, 7) is 9.19. The standard InChI is InChI=1S/C24H31ClN2O4/c1-5-30-20-12-7-17(15-21(20)31-6-2)13-14-26-24(29)22(16(3)4)27-23(28)18-8-10-19(25)11-9-18/h7-12,15-16,22H,5-6,13-14H2,1-4H3,(H,26,29)(H,27,28)/t22-/m0/s1. The average molecular weight is 447 g/mol. The van der Waals surface area contributed by atoms with Gasteiger partial charge in [0.2, 0.25) is 5.91 Å². The van der Waals surface area contributed by atoms with E-state index >= 15 is 0 Å². The zero-order valence-electron chi connectivity index (χ0n) is 18.5. The lowest BCUT2D eigenvalue weighted by atomic mass is 10.0. The summed E-state index contributed by atoms with van der Waals surface area (Å²) in [5.41, 5.74) is 1.49. The van der Waals surface area contributed by atoms with Crippen LogP contribution >= 0.6 is 11.6 Å². The number of rotatable bonds is 11. The van der Waals surface area contributed by atoms with E-state index in [1.165, 1.54) is 0 Å². The summed E-state index contributed by atoms with van der Waals surface area (Å²) in [4.78, 5) is 25.2. The van der Waals surface area contributed by atoms with E-state index in [-0.39, 0.29) is 17.7 Å². The molecule has 1 atom stereocenters. The van der Waals surface area contributed by atoms with E-state index < -0.39 is 6.04 Å². The van der Waals surface area contributed by atoms with Gasteiger partial charge < -0.3 is 20.1 Å². The second-order valence-corrected chi connectivity index (χ2v) is 7.83. The van der Waals surface area contributed by atoms with Gasteiger partial charge in [-0.15, -0.1) is 0 Å². The smallest absolute Gasteiger partial charge is 0.251 e. The topological polar surface area (TPSA) is 76.7 Å². The molecular formula is C24H31ClN2O4. The Balaban J connectivity index is 1.95. The molecule has 0 aliphatic carbocycles. The predicted octanol–water partition coefficient (Wildman–Crippen LogP) is 4.25. The van der Waals surface area contributed by atoms with Gasteiger partial charge in [0.15, 0.2) is 11.5 Å². The molecule has 2 amide bonds. The normalized spacial score (nSPS) is 11.7. The van der Waals surface area contributed by atoms with Gasteiger partial charge in [-0.2, -0.15) is 0 Å². The molecule has 0 aromatic heterocycles. The molecule has 168 valence electrons. The van der Waals surface area contributed by atoms with Gasteiger partial charge in [0.25, 0.3) is 5.91 Å². The molecule has 0 heterocycles. The minimum absolute atomic E-state index is 0.0636. The molecule has 0 spiro atoms. The van der Waals surface area contributed by atoms with E-state index in [9.17, 15) is 9.59 Å². The zero-order chi connectivity index (χ0) is 22.8. The third-order valence-electron chi connectivity index (χ3n) is 4.66. The van der Waals surface area contributed by atoms with E-state index in [0.717, 1.165) is 5.56 Å². The monoisotopic (exact) mass is 446 g/mol. The molecule has 6 nitrogen and oxygen atoms in total. The molecule has 2 rings (SSSR count). The lowest BCUT2D eigenvalue weighted by Crippen LogP contribution is -2.50. The average Bonchev–Trinajstić information content (AvgIpc) is 2.74. The minimum Gasteiger partial charge on any atom is -0.490 e. The summed E-state index contributed by atoms with van der Waals surface area (Å²) in [6.07, 6.45) is 0.633. The van der Waals surface area contributed by atoms with Crippen LogP contribution in [-0.2, 0) is 11.2 Å². The molecule has 0 aliphatic rings. The molecule has 31 heavy (non-hydrogen) atoms. The van der Waals surface area contributed by atoms with Gasteiger partial charge in [0.05, 0.1) is 13.2 Å². The van der Waals surface area contributed by atoms with Crippen LogP contribution < -0.4 is 20.1 Å². The minimum atomic E-state index is -0.637. The first-order chi connectivity index (χ1) is 14.8. The Morgan fingerprint density at radius 3 is 2.23 bits per heavy atom. The van der Waals surface area contributed by atoms with E-state index in [1.54, 1.807) is 24.3 Å². The van der Waals surface area contributed by atoms with Crippen LogP contribution in [-0.4, -0.2) is 37.6 Å².